The number of halogens is 1. The molecule has 0 radical (unpaired) electrons. The van der Waals surface area contributed by atoms with Gasteiger partial charge in [0.2, 0.25) is 5.89 Å². The second-order valence-electron chi connectivity index (χ2n) is 8.84. The number of hydrogen-bond donors (Lipinski definition) is 2. The van der Waals surface area contributed by atoms with Gasteiger partial charge in [-0.05, 0) is 79.9 Å². The first-order valence-electron chi connectivity index (χ1n) is 11.7. The normalized spacial score (nSPS) is 15.1. The molecule has 2 aromatic carbocycles. The summed E-state index contributed by atoms with van der Waals surface area (Å²) >= 11 is 0. The Hall–Kier alpha value is -4.26. The van der Waals surface area contributed by atoms with Gasteiger partial charge in [-0.1, -0.05) is 0 Å². The number of benzene rings is 2. The molecule has 0 saturated heterocycles. The summed E-state index contributed by atoms with van der Waals surface area (Å²) in [4.78, 5) is 13.3. The van der Waals surface area contributed by atoms with E-state index in [4.69, 9.17) is 4.42 Å². The molecule has 0 aliphatic heterocycles. The number of hydrogen-bond acceptors (Lipinski definition) is 6. The lowest BCUT2D eigenvalue weighted by atomic mass is 9.93. The van der Waals surface area contributed by atoms with Crippen LogP contribution in [0.4, 0.5) is 27.1 Å². The topological polar surface area (TPSA) is 75.9 Å². The third kappa shape index (κ3) is 4.45. The van der Waals surface area contributed by atoms with Gasteiger partial charge in [0.15, 0.2) is 5.58 Å². The molecule has 0 amide bonds. The summed E-state index contributed by atoms with van der Waals surface area (Å²) in [7, 11) is 0. The molecule has 1 atom stereocenters. The summed E-state index contributed by atoms with van der Waals surface area (Å²) in [6, 6.07) is 19.6. The van der Waals surface area contributed by atoms with E-state index in [2.05, 4.69) is 25.6 Å². The van der Waals surface area contributed by atoms with Crippen LogP contribution in [-0.2, 0) is 12.8 Å². The predicted octanol–water partition coefficient (Wildman–Crippen LogP) is 6.91. The lowest BCUT2D eigenvalue weighted by Crippen LogP contribution is -2.17. The highest BCUT2D eigenvalue weighted by Gasteiger charge is 2.21. The van der Waals surface area contributed by atoms with Crippen molar-refractivity contribution in [3.8, 4) is 11.5 Å². The summed E-state index contributed by atoms with van der Waals surface area (Å²) in [5, 5.41) is 6.80. The minimum absolute atomic E-state index is 0.395. The van der Waals surface area contributed by atoms with Crippen molar-refractivity contribution in [2.75, 3.05) is 10.6 Å². The largest absolute Gasteiger partial charge is 0.436 e. The highest BCUT2D eigenvalue weighted by atomic mass is 19.1. The fourth-order valence-electron chi connectivity index (χ4n) is 4.48. The quantitative estimate of drug-likeness (QED) is 0.294. The molecule has 0 spiro atoms. The lowest BCUT2D eigenvalue weighted by Gasteiger charge is -2.21. The molecule has 2 N–H and O–H groups in total. The molecule has 0 saturated carbocycles. The summed E-state index contributed by atoms with van der Waals surface area (Å²) in [6.45, 7) is 1.96. The van der Waals surface area contributed by atoms with Crippen molar-refractivity contribution < 1.29 is 8.81 Å². The Balaban J connectivity index is 1.22. The number of fused-ring (bicyclic) bond motifs is 2. The van der Waals surface area contributed by atoms with Crippen molar-refractivity contribution in [2.24, 2.45) is 0 Å². The number of rotatable bonds is 5. The number of aromatic nitrogens is 3. The van der Waals surface area contributed by atoms with Crippen LogP contribution in [-0.4, -0.2) is 21.1 Å². The zero-order valence-electron chi connectivity index (χ0n) is 19.3. The van der Waals surface area contributed by atoms with Gasteiger partial charge in [0, 0.05) is 64.6 Å². The molecule has 5 aromatic rings. The van der Waals surface area contributed by atoms with Crippen molar-refractivity contribution in [1.29, 1.82) is 0 Å². The van der Waals surface area contributed by atoms with Crippen LogP contribution in [0.5, 0.6) is 0 Å². The number of oxazole rings is 1. The van der Waals surface area contributed by atoms with E-state index in [-0.39, 0.29) is 0 Å². The van der Waals surface area contributed by atoms with Gasteiger partial charge in [-0.2, -0.15) is 0 Å². The van der Waals surface area contributed by atoms with Gasteiger partial charge in [0.05, 0.1) is 0 Å². The molecule has 7 heteroatoms. The van der Waals surface area contributed by atoms with E-state index >= 15 is 0 Å². The molecule has 174 valence electrons. The first kappa shape index (κ1) is 21.3. The van der Waals surface area contributed by atoms with Gasteiger partial charge in [-0.15, -0.1) is 0 Å². The number of anilines is 4. The van der Waals surface area contributed by atoms with E-state index in [1.165, 1.54) is 0 Å². The van der Waals surface area contributed by atoms with E-state index in [1.54, 1.807) is 12.4 Å². The number of aryl methyl sites for hydroxylation is 2. The van der Waals surface area contributed by atoms with Gasteiger partial charge in [0.25, 0.3) is 0 Å². The average molecular weight is 466 g/mol. The van der Waals surface area contributed by atoms with E-state index in [9.17, 15) is 4.39 Å². The monoisotopic (exact) mass is 465 g/mol. The van der Waals surface area contributed by atoms with E-state index < -0.39 is 6.17 Å². The Bertz CT molecular complexity index is 1510. The van der Waals surface area contributed by atoms with Crippen molar-refractivity contribution >= 4 is 33.8 Å². The van der Waals surface area contributed by atoms with Gasteiger partial charge in [-0.3, -0.25) is 9.97 Å². The van der Waals surface area contributed by atoms with Crippen LogP contribution < -0.4 is 10.6 Å². The highest BCUT2D eigenvalue weighted by Crippen LogP contribution is 2.32. The zero-order chi connectivity index (χ0) is 23.8. The standard InChI is InChI=1S/C28H24FN5O/c1-17-14-22(10-12-30-17)32-20-5-2-18(3-6-20)28-34-26-9-7-21(16-27(26)35-28)33-25-11-13-31-24-8-4-19(29)15-23(24)25/h2-3,5-7,9-14,16,19H,4,8,15H2,1H3,(H,30,32)(H,31,33). The maximum absolute atomic E-state index is 14.0. The third-order valence-corrected chi connectivity index (χ3v) is 6.25. The van der Waals surface area contributed by atoms with E-state index in [0.717, 1.165) is 50.8 Å². The predicted molar refractivity (Wildman–Crippen MR) is 136 cm³/mol. The smallest absolute Gasteiger partial charge is 0.227 e. The Labute approximate surface area is 202 Å². The summed E-state index contributed by atoms with van der Waals surface area (Å²) in [5.41, 5.74) is 8.97. The Morgan fingerprint density at radius 2 is 1.69 bits per heavy atom. The summed E-state index contributed by atoms with van der Waals surface area (Å²) < 4.78 is 20.1. The average Bonchev–Trinajstić information content (AvgIpc) is 3.28. The minimum Gasteiger partial charge on any atom is -0.436 e. The van der Waals surface area contributed by atoms with Crippen LogP contribution in [0, 0.1) is 6.92 Å². The third-order valence-electron chi connectivity index (χ3n) is 6.25. The van der Waals surface area contributed by atoms with E-state index in [0.29, 0.717) is 30.7 Å². The number of nitrogens with zero attached hydrogens (tertiary/aromatic N) is 3. The SMILES string of the molecule is Cc1cc(Nc2ccc(-c3nc4ccc(Nc5ccnc6c5CC(F)CC6)cc4o3)cc2)ccn1. The lowest BCUT2D eigenvalue weighted by molar-refractivity contribution is 0.300. The van der Waals surface area contributed by atoms with Crippen LogP contribution in [0.1, 0.15) is 23.4 Å². The summed E-state index contributed by atoms with van der Waals surface area (Å²) in [5.74, 6) is 0.560. The fourth-order valence-corrected chi connectivity index (χ4v) is 4.48. The molecule has 6 rings (SSSR count). The first-order valence-corrected chi connectivity index (χ1v) is 11.7. The van der Waals surface area contributed by atoms with Gasteiger partial charge in [-0.25, -0.2) is 9.37 Å². The molecule has 1 aliphatic carbocycles. The molecule has 1 aliphatic rings. The van der Waals surface area contributed by atoms with Gasteiger partial charge in [0.1, 0.15) is 11.7 Å². The second kappa shape index (κ2) is 8.83. The minimum atomic E-state index is -0.818. The van der Waals surface area contributed by atoms with Crippen LogP contribution >= 0.6 is 0 Å². The highest BCUT2D eigenvalue weighted by molar-refractivity contribution is 5.81. The number of alkyl halides is 1. The molecule has 0 bridgehead atoms. The maximum Gasteiger partial charge on any atom is 0.227 e. The molecular formula is C28H24FN5O. The fraction of sp³-hybridized carbons (Fsp3) is 0.179. The van der Waals surface area contributed by atoms with Gasteiger partial charge >= 0.3 is 0 Å². The zero-order valence-corrected chi connectivity index (χ0v) is 19.3. The van der Waals surface area contributed by atoms with Crippen LogP contribution in [0.15, 0.2) is 77.5 Å². The maximum atomic E-state index is 14.0. The Kier molecular flexibility index (Phi) is 5.37. The van der Waals surface area contributed by atoms with Crippen molar-refractivity contribution in [1.82, 2.24) is 15.0 Å². The van der Waals surface area contributed by atoms with Crippen LogP contribution in [0.3, 0.4) is 0 Å². The van der Waals surface area contributed by atoms with Crippen molar-refractivity contribution in [3.05, 3.63) is 90.0 Å². The molecule has 6 nitrogen and oxygen atoms in total. The van der Waals surface area contributed by atoms with Crippen molar-refractivity contribution in [3.63, 3.8) is 0 Å². The number of pyridine rings is 2. The van der Waals surface area contributed by atoms with Gasteiger partial charge < -0.3 is 15.1 Å². The Morgan fingerprint density at radius 3 is 2.54 bits per heavy atom. The second-order valence-corrected chi connectivity index (χ2v) is 8.84. The number of nitrogens with one attached hydrogen (secondary N) is 2. The first-order chi connectivity index (χ1) is 17.1. The summed E-state index contributed by atoms with van der Waals surface area (Å²) in [6.07, 6.45) is 4.35. The van der Waals surface area contributed by atoms with E-state index in [1.807, 2.05) is 67.6 Å². The molecular weight excluding hydrogens is 441 g/mol. The molecule has 3 heterocycles. The van der Waals surface area contributed by atoms with Crippen molar-refractivity contribution in [2.45, 2.75) is 32.4 Å². The molecule has 35 heavy (non-hydrogen) atoms. The van der Waals surface area contributed by atoms with Crippen LogP contribution in [0.2, 0.25) is 0 Å². The molecule has 1 unspecified atom stereocenters. The van der Waals surface area contributed by atoms with Crippen LogP contribution in [0.25, 0.3) is 22.6 Å². The molecule has 0 fully saturated rings. The Morgan fingerprint density at radius 1 is 0.886 bits per heavy atom. The molecule has 3 aromatic heterocycles.